The van der Waals surface area contributed by atoms with E-state index >= 15 is 0 Å². The molecule has 0 amide bonds. The molecule has 0 radical (unpaired) electrons. The van der Waals surface area contributed by atoms with Crippen LogP contribution in [-0.4, -0.2) is 34.5 Å². The SMILES string of the molecule is COc1ccc(CC(C)N[C@@H]2CCc3c(ccc(O)c3CO)[C@H]2O)cc1. The number of aromatic hydroxyl groups is 1. The van der Waals surface area contributed by atoms with Gasteiger partial charge in [0.1, 0.15) is 11.5 Å². The standard InChI is InChI=1S/C21H27NO4/c1-13(11-14-3-5-15(26-2)6-4-14)22-19-9-7-16-17(21(19)25)8-10-20(24)18(16)12-23/h3-6,8,10,13,19,21-25H,7,9,11-12H2,1-2H3/t13?,19-,21-/m1/s1. The van der Waals surface area contributed by atoms with E-state index in [4.69, 9.17) is 4.74 Å². The van der Waals surface area contributed by atoms with Crippen molar-refractivity contribution >= 4 is 0 Å². The number of nitrogens with one attached hydrogen (secondary N) is 1. The second-order valence-electron chi connectivity index (χ2n) is 7.00. The van der Waals surface area contributed by atoms with E-state index in [1.54, 1.807) is 19.2 Å². The molecular weight excluding hydrogens is 330 g/mol. The third-order valence-electron chi connectivity index (χ3n) is 5.21. The number of fused-ring (bicyclic) bond motifs is 1. The van der Waals surface area contributed by atoms with Gasteiger partial charge in [-0.05, 0) is 61.1 Å². The fourth-order valence-corrected chi connectivity index (χ4v) is 3.84. The van der Waals surface area contributed by atoms with Gasteiger partial charge in [-0.3, -0.25) is 0 Å². The molecule has 2 aromatic carbocycles. The molecule has 0 spiro atoms. The molecule has 4 N–H and O–H groups in total. The number of aliphatic hydroxyl groups excluding tert-OH is 2. The van der Waals surface area contributed by atoms with Crippen LogP contribution in [-0.2, 0) is 19.4 Å². The van der Waals surface area contributed by atoms with Crippen molar-refractivity contribution < 1.29 is 20.1 Å². The third-order valence-corrected chi connectivity index (χ3v) is 5.21. The van der Waals surface area contributed by atoms with Gasteiger partial charge in [-0.15, -0.1) is 0 Å². The lowest BCUT2D eigenvalue weighted by Crippen LogP contribution is -2.44. The molecule has 0 aliphatic heterocycles. The largest absolute Gasteiger partial charge is 0.508 e. The molecule has 0 saturated heterocycles. The van der Waals surface area contributed by atoms with Crippen LogP contribution < -0.4 is 10.1 Å². The Morgan fingerprint density at radius 1 is 1.19 bits per heavy atom. The van der Waals surface area contributed by atoms with Crippen molar-refractivity contribution in [3.8, 4) is 11.5 Å². The van der Waals surface area contributed by atoms with Crippen LogP contribution in [0.4, 0.5) is 0 Å². The highest BCUT2D eigenvalue weighted by Gasteiger charge is 2.30. The molecule has 1 aliphatic carbocycles. The summed E-state index contributed by atoms with van der Waals surface area (Å²) in [7, 11) is 1.66. The second kappa shape index (κ2) is 8.08. The van der Waals surface area contributed by atoms with Crippen molar-refractivity contribution in [2.24, 2.45) is 0 Å². The summed E-state index contributed by atoms with van der Waals surface area (Å²) in [6.45, 7) is 1.90. The number of phenols is 1. The predicted molar refractivity (Wildman–Crippen MR) is 100 cm³/mol. The summed E-state index contributed by atoms with van der Waals surface area (Å²) in [6, 6.07) is 11.5. The maximum Gasteiger partial charge on any atom is 0.121 e. The molecule has 26 heavy (non-hydrogen) atoms. The van der Waals surface area contributed by atoms with Crippen molar-refractivity contribution in [1.82, 2.24) is 5.32 Å². The summed E-state index contributed by atoms with van der Waals surface area (Å²) in [6.07, 6.45) is 1.70. The Hall–Kier alpha value is -2.08. The van der Waals surface area contributed by atoms with Crippen LogP contribution in [0.1, 0.15) is 41.7 Å². The highest BCUT2D eigenvalue weighted by molar-refractivity contribution is 5.46. The molecule has 5 heteroatoms. The maximum absolute atomic E-state index is 10.8. The molecule has 3 atom stereocenters. The number of hydrogen-bond acceptors (Lipinski definition) is 5. The van der Waals surface area contributed by atoms with E-state index in [2.05, 4.69) is 24.4 Å². The van der Waals surface area contributed by atoms with Crippen LogP contribution in [0.5, 0.6) is 11.5 Å². The van der Waals surface area contributed by atoms with Crippen molar-refractivity contribution in [2.45, 2.75) is 51.0 Å². The minimum atomic E-state index is -0.650. The van der Waals surface area contributed by atoms with E-state index in [0.717, 1.165) is 36.1 Å². The van der Waals surface area contributed by atoms with E-state index in [0.29, 0.717) is 5.56 Å². The summed E-state index contributed by atoms with van der Waals surface area (Å²) in [5, 5.41) is 33.7. The van der Waals surface area contributed by atoms with Gasteiger partial charge in [0, 0.05) is 17.6 Å². The number of methoxy groups -OCH3 is 1. The van der Waals surface area contributed by atoms with E-state index in [1.807, 2.05) is 12.1 Å². The van der Waals surface area contributed by atoms with Crippen molar-refractivity contribution in [3.63, 3.8) is 0 Å². The van der Waals surface area contributed by atoms with Crippen LogP contribution in [0.15, 0.2) is 36.4 Å². The Bertz CT molecular complexity index is 744. The molecule has 0 fully saturated rings. The van der Waals surface area contributed by atoms with Gasteiger partial charge < -0.3 is 25.4 Å². The second-order valence-corrected chi connectivity index (χ2v) is 7.00. The minimum Gasteiger partial charge on any atom is -0.508 e. The summed E-state index contributed by atoms with van der Waals surface area (Å²) in [5.74, 6) is 0.939. The quantitative estimate of drug-likeness (QED) is 0.638. The zero-order valence-corrected chi connectivity index (χ0v) is 15.3. The first-order chi connectivity index (χ1) is 12.5. The fraction of sp³-hybridized carbons (Fsp3) is 0.429. The molecule has 0 saturated carbocycles. The highest BCUT2D eigenvalue weighted by Crippen LogP contribution is 2.36. The molecule has 0 aromatic heterocycles. The molecule has 140 valence electrons. The fourth-order valence-electron chi connectivity index (χ4n) is 3.84. The molecule has 0 heterocycles. The lowest BCUT2D eigenvalue weighted by molar-refractivity contribution is 0.108. The van der Waals surface area contributed by atoms with Crippen LogP contribution >= 0.6 is 0 Å². The number of aliphatic hydroxyl groups is 2. The normalized spacial score (nSPS) is 20.5. The maximum atomic E-state index is 10.8. The van der Waals surface area contributed by atoms with E-state index < -0.39 is 6.10 Å². The summed E-state index contributed by atoms with van der Waals surface area (Å²) in [4.78, 5) is 0. The zero-order valence-electron chi connectivity index (χ0n) is 15.3. The molecule has 1 aliphatic rings. The Labute approximate surface area is 154 Å². The number of benzene rings is 2. The molecule has 3 rings (SSSR count). The monoisotopic (exact) mass is 357 g/mol. The molecule has 2 aromatic rings. The van der Waals surface area contributed by atoms with Gasteiger partial charge in [-0.2, -0.15) is 0 Å². The van der Waals surface area contributed by atoms with Crippen LogP contribution in [0, 0.1) is 0 Å². The van der Waals surface area contributed by atoms with Crippen molar-refractivity contribution in [2.75, 3.05) is 7.11 Å². The van der Waals surface area contributed by atoms with E-state index in [-0.39, 0.29) is 24.4 Å². The topological polar surface area (TPSA) is 82.0 Å². The highest BCUT2D eigenvalue weighted by atomic mass is 16.5. The van der Waals surface area contributed by atoms with Crippen LogP contribution in [0.25, 0.3) is 0 Å². The molecule has 0 bridgehead atoms. The number of hydrogen-bond donors (Lipinski definition) is 4. The predicted octanol–water partition coefficient (Wildman–Crippen LogP) is 2.46. The third kappa shape index (κ3) is 3.85. The average molecular weight is 357 g/mol. The summed E-state index contributed by atoms with van der Waals surface area (Å²) < 4.78 is 5.19. The van der Waals surface area contributed by atoms with Gasteiger partial charge in [-0.1, -0.05) is 18.2 Å². The van der Waals surface area contributed by atoms with Gasteiger partial charge in [-0.25, -0.2) is 0 Å². The Kier molecular flexibility index (Phi) is 5.81. The van der Waals surface area contributed by atoms with Gasteiger partial charge in [0.2, 0.25) is 0 Å². The van der Waals surface area contributed by atoms with Crippen molar-refractivity contribution in [3.05, 3.63) is 58.7 Å². The molecule has 1 unspecified atom stereocenters. The van der Waals surface area contributed by atoms with Gasteiger partial charge in [0.25, 0.3) is 0 Å². The van der Waals surface area contributed by atoms with Crippen molar-refractivity contribution in [1.29, 1.82) is 0 Å². The summed E-state index contributed by atoms with van der Waals surface area (Å²) in [5.41, 5.74) is 3.42. The lowest BCUT2D eigenvalue weighted by Gasteiger charge is -2.34. The molecule has 5 nitrogen and oxygen atoms in total. The zero-order chi connectivity index (χ0) is 18.7. The van der Waals surface area contributed by atoms with Crippen LogP contribution in [0.3, 0.4) is 0 Å². The van der Waals surface area contributed by atoms with Gasteiger partial charge in [0.05, 0.1) is 19.8 Å². The number of rotatable bonds is 6. The first kappa shape index (κ1) is 18.7. The summed E-state index contributed by atoms with van der Waals surface area (Å²) >= 11 is 0. The van der Waals surface area contributed by atoms with E-state index in [9.17, 15) is 15.3 Å². The Balaban J connectivity index is 1.67. The smallest absolute Gasteiger partial charge is 0.121 e. The first-order valence-electron chi connectivity index (χ1n) is 9.05. The van der Waals surface area contributed by atoms with Gasteiger partial charge >= 0.3 is 0 Å². The minimum absolute atomic E-state index is 0.0492. The lowest BCUT2D eigenvalue weighted by atomic mass is 9.82. The Morgan fingerprint density at radius 3 is 2.58 bits per heavy atom. The first-order valence-corrected chi connectivity index (χ1v) is 9.05. The Morgan fingerprint density at radius 2 is 1.92 bits per heavy atom. The number of ether oxygens (including phenoxy) is 1. The van der Waals surface area contributed by atoms with Gasteiger partial charge in [0.15, 0.2) is 0 Å². The average Bonchev–Trinajstić information content (AvgIpc) is 2.64. The van der Waals surface area contributed by atoms with Crippen LogP contribution in [0.2, 0.25) is 0 Å². The van der Waals surface area contributed by atoms with E-state index in [1.165, 1.54) is 5.56 Å². The molecular formula is C21H27NO4.